The van der Waals surface area contributed by atoms with Crippen LogP contribution in [0.15, 0.2) is 40.2 Å². The average Bonchev–Trinajstić information content (AvgIpc) is 3.43. The van der Waals surface area contributed by atoms with Crippen LogP contribution < -0.4 is 16.4 Å². The van der Waals surface area contributed by atoms with Crippen molar-refractivity contribution >= 4 is 34.1 Å². The molecule has 0 aromatic carbocycles. The van der Waals surface area contributed by atoms with Gasteiger partial charge in [-0.1, -0.05) is 0 Å². The van der Waals surface area contributed by atoms with Crippen molar-refractivity contribution in [3.8, 4) is 0 Å². The van der Waals surface area contributed by atoms with Gasteiger partial charge in [-0.25, -0.2) is 9.97 Å². The van der Waals surface area contributed by atoms with Gasteiger partial charge in [-0.15, -0.1) is 0 Å². The second-order valence-corrected chi connectivity index (χ2v) is 9.05. The van der Waals surface area contributed by atoms with E-state index in [1.807, 2.05) is 12.3 Å². The van der Waals surface area contributed by atoms with Gasteiger partial charge in [-0.2, -0.15) is 8.75 Å². The van der Waals surface area contributed by atoms with Gasteiger partial charge in [-0.3, -0.25) is 18.7 Å². The number of nitrogens with zero attached hydrogens (tertiary/aromatic N) is 7. The van der Waals surface area contributed by atoms with Crippen LogP contribution in [0.3, 0.4) is 0 Å². The Hall–Kier alpha value is -3.02. The third-order valence-electron chi connectivity index (χ3n) is 6.49. The van der Waals surface area contributed by atoms with E-state index in [1.165, 1.54) is 24.0 Å². The van der Waals surface area contributed by atoms with E-state index >= 15 is 0 Å². The Morgan fingerprint density at radius 1 is 1.03 bits per heavy atom. The molecular weight excluding hydrogens is 428 g/mol. The number of piperidine rings is 1. The summed E-state index contributed by atoms with van der Waals surface area (Å²) in [4.78, 5) is 35.8. The first-order chi connectivity index (χ1) is 15.7. The number of pyridine rings is 2. The first kappa shape index (κ1) is 19.6. The van der Waals surface area contributed by atoms with E-state index < -0.39 is 0 Å². The van der Waals surface area contributed by atoms with Gasteiger partial charge >= 0.3 is 0 Å². The second kappa shape index (κ2) is 7.84. The predicted octanol–water partition coefficient (Wildman–Crippen LogP) is 0.767. The van der Waals surface area contributed by atoms with Crippen molar-refractivity contribution in [1.82, 2.24) is 38.1 Å². The fourth-order valence-electron chi connectivity index (χ4n) is 4.87. The van der Waals surface area contributed by atoms with Crippen molar-refractivity contribution in [2.24, 2.45) is 0 Å². The molecule has 32 heavy (non-hydrogen) atoms. The SMILES string of the molecule is O=c1ccc2ncc(=O)n3c2n1CC3CN1CCC(NCc2cnc3nsnc3c2)CC1. The molecule has 10 nitrogen and oxygen atoms in total. The number of hydrogen-bond acceptors (Lipinski definition) is 9. The third-order valence-corrected chi connectivity index (χ3v) is 7.03. The van der Waals surface area contributed by atoms with Gasteiger partial charge in [0.1, 0.15) is 16.7 Å². The van der Waals surface area contributed by atoms with Gasteiger partial charge in [-0.05, 0) is 43.6 Å². The summed E-state index contributed by atoms with van der Waals surface area (Å²) in [7, 11) is 0. The summed E-state index contributed by atoms with van der Waals surface area (Å²) in [6, 6.07) is 5.66. The molecule has 0 aliphatic carbocycles. The Morgan fingerprint density at radius 3 is 2.78 bits per heavy atom. The van der Waals surface area contributed by atoms with Crippen molar-refractivity contribution in [1.29, 1.82) is 0 Å². The van der Waals surface area contributed by atoms with Crippen molar-refractivity contribution < 1.29 is 0 Å². The molecule has 1 atom stereocenters. The maximum absolute atomic E-state index is 12.5. The number of hydrogen-bond donors (Lipinski definition) is 1. The highest BCUT2D eigenvalue weighted by atomic mass is 32.1. The molecule has 0 bridgehead atoms. The molecule has 6 rings (SSSR count). The zero-order valence-corrected chi connectivity index (χ0v) is 18.2. The highest BCUT2D eigenvalue weighted by molar-refractivity contribution is 7.00. The minimum Gasteiger partial charge on any atom is -0.310 e. The van der Waals surface area contributed by atoms with Gasteiger partial charge in [0.2, 0.25) is 0 Å². The van der Waals surface area contributed by atoms with Gasteiger partial charge in [0.15, 0.2) is 5.65 Å². The van der Waals surface area contributed by atoms with Crippen LogP contribution in [0, 0.1) is 0 Å². The molecule has 11 heteroatoms. The molecule has 1 N–H and O–H groups in total. The van der Waals surface area contributed by atoms with Crippen LogP contribution in [0.25, 0.3) is 22.3 Å². The summed E-state index contributed by atoms with van der Waals surface area (Å²) in [5, 5.41) is 3.64. The maximum atomic E-state index is 12.5. The van der Waals surface area contributed by atoms with Crippen LogP contribution in [-0.4, -0.2) is 58.4 Å². The van der Waals surface area contributed by atoms with Crippen molar-refractivity contribution in [2.75, 3.05) is 19.6 Å². The quantitative estimate of drug-likeness (QED) is 0.475. The van der Waals surface area contributed by atoms with Gasteiger partial charge < -0.3 is 10.2 Å². The fraction of sp³-hybridized carbons (Fsp3) is 0.429. The number of aromatic nitrogens is 6. The normalized spacial score (nSPS) is 19.3. The van der Waals surface area contributed by atoms with Crippen molar-refractivity contribution in [2.45, 2.75) is 38.0 Å². The van der Waals surface area contributed by atoms with E-state index in [0.717, 1.165) is 50.1 Å². The average molecular weight is 451 g/mol. The number of nitrogens with one attached hydrogen (secondary N) is 1. The van der Waals surface area contributed by atoms with E-state index in [4.69, 9.17) is 0 Å². The zero-order chi connectivity index (χ0) is 21.7. The zero-order valence-electron chi connectivity index (χ0n) is 17.3. The van der Waals surface area contributed by atoms with Crippen LogP contribution in [0.5, 0.6) is 0 Å². The monoisotopic (exact) mass is 450 g/mol. The van der Waals surface area contributed by atoms with Crippen LogP contribution in [0.2, 0.25) is 0 Å². The molecule has 2 aliphatic heterocycles. The number of likely N-dealkylation sites (tertiary alicyclic amines) is 1. The summed E-state index contributed by atoms with van der Waals surface area (Å²) in [5.41, 5.74) is 3.78. The Bertz CT molecular complexity index is 1410. The molecule has 164 valence electrons. The van der Waals surface area contributed by atoms with E-state index in [2.05, 4.69) is 28.9 Å². The Labute approximate surface area is 186 Å². The molecule has 0 spiro atoms. The van der Waals surface area contributed by atoms with Crippen LogP contribution in [-0.2, 0) is 13.1 Å². The van der Waals surface area contributed by atoms with E-state index in [0.29, 0.717) is 29.4 Å². The lowest BCUT2D eigenvalue weighted by Crippen LogP contribution is -2.44. The van der Waals surface area contributed by atoms with Crippen LogP contribution >= 0.6 is 11.7 Å². The van der Waals surface area contributed by atoms with Crippen molar-refractivity contribution in [3.05, 3.63) is 56.9 Å². The van der Waals surface area contributed by atoms with E-state index in [-0.39, 0.29) is 17.2 Å². The van der Waals surface area contributed by atoms with Crippen LogP contribution in [0.1, 0.15) is 24.4 Å². The molecule has 4 aromatic rings. The molecule has 1 saturated heterocycles. The van der Waals surface area contributed by atoms with Gasteiger partial charge in [0, 0.05) is 37.9 Å². The summed E-state index contributed by atoms with van der Waals surface area (Å²) in [6.07, 6.45) is 5.29. The Balaban J connectivity index is 1.08. The smallest absolute Gasteiger partial charge is 0.270 e. The minimum atomic E-state index is -0.142. The van der Waals surface area contributed by atoms with E-state index in [1.54, 1.807) is 15.2 Å². The molecule has 0 radical (unpaired) electrons. The lowest BCUT2D eigenvalue weighted by molar-refractivity contribution is 0.171. The lowest BCUT2D eigenvalue weighted by Gasteiger charge is -2.34. The number of rotatable bonds is 5. The molecule has 1 unspecified atom stereocenters. The summed E-state index contributed by atoms with van der Waals surface area (Å²) < 4.78 is 11.8. The second-order valence-electron chi connectivity index (χ2n) is 8.52. The summed E-state index contributed by atoms with van der Waals surface area (Å²) >= 11 is 1.18. The summed E-state index contributed by atoms with van der Waals surface area (Å²) in [6.45, 7) is 3.95. The summed E-state index contributed by atoms with van der Waals surface area (Å²) in [5.74, 6) is 0. The molecule has 2 aliphatic rings. The van der Waals surface area contributed by atoms with E-state index in [9.17, 15) is 9.59 Å². The molecular formula is C21H22N8O2S. The molecule has 6 heterocycles. The van der Waals surface area contributed by atoms with Gasteiger partial charge in [0.05, 0.1) is 24.0 Å². The molecule has 1 fully saturated rings. The van der Waals surface area contributed by atoms with Crippen LogP contribution in [0.4, 0.5) is 0 Å². The minimum absolute atomic E-state index is 0.0443. The largest absolute Gasteiger partial charge is 0.310 e. The third kappa shape index (κ3) is 3.42. The first-order valence-electron chi connectivity index (χ1n) is 10.8. The topological polar surface area (TPSA) is 111 Å². The predicted molar refractivity (Wildman–Crippen MR) is 121 cm³/mol. The standard InChI is InChI=1S/C21H22N8O2S/c30-18-2-1-16-21-28(18)12-15(29(21)19(31)10-23-16)11-27-5-3-14(4-6-27)22-8-13-7-17-20(24-9-13)26-32-25-17/h1-2,7,9-10,14-15,22H,3-6,8,11-12H2. The lowest BCUT2D eigenvalue weighted by atomic mass is 10.0. The Kier molecular flexibility index (Phi) is 4.81. The van der Waals surface area contributed by atoms with Crippen molar-refractivity contribution in [3.63, 3.8) is 0 Å². The molecule has 4 aromatic heterocycles. The van der Waals surface area contributed by atoms with Gasteiger partial charge in [0.25, 0.3) is 11.1 Å². The molecule has 0 saturated carbocycles. The Morgan fingerprint density at radius 2 is 1.91 bits per heavy atom. The molecule has 0 amide bonds. The highest BCUT2D eigenvalue weighted by Gasteiger charge is 2.29. The fourth-order valence-corrected chi connectivity index (χ4v) is 5.35. The highest BCUT2D eigenvalue weighted by Crippen LogP contribution is 2.24. The first-order valence-corrected chi connectivity index (χ1v) is 11.5. The number of fused-ring (bicyclic) bond motifs is 1. The maximum Gasteiger partial charge on any atom is 0.270 e.